The third-order valence-corrected chi connectivity index (χ3v) is 8.77. The fourth-order valence-corrected chi connectivity index (χ4v) is 7.67. The van der Waals surface area contributed by atoms with Crippen molar-refractivity contribution in [1.82, 2.24) is 10.2 Å². The smallest absolute Gasteiger partial charge is 0.264 e. The molecule has 1 N–H and O–H groups in total. The molecule has 5 heteroatoms. The maximum atomic E-state index is 13.1. The zero-order valence-corrected chi connectivity index (χ0v) is 17.0. The Bertz CT molecular complexity index is 693. The summed E-state index contributed by atoms with van der Waals surface area (Å²) in [6, 6.07) is 3.69. The van der Waals surface area contributed by atoms with E-state index in [2.05, 4.69) is 12.2 Å². The molecule has 2 amide bonds. The summed E-state index contributed by atoms with van der Waals surface area (Å²) in [6.45, 7) is 2.92. The van der Waals surface area contributed by atoms with Gasteiger partial charge in [0.15, 0.2) is 0 Å². The van der Waals surface area contributed by atoms with Gasteiger partial charge in [-0.05, 0) is 92.9 Å². The lowest BCUT2D eigenvalue weighted by atomic mass is 9.48. The van der Waals surface area contributed by atoms with Gasteiger partial charge in [-0.2, -0.15) is 0 Å². The van der Waals surface area contributed by atoms with Crippen LogP contribution in [0.4, 0.5) is 0 Å². The van der Waals surface area contributed by atoms with E-state index in [9.17, 15) is 9.59 Å². The summed E-state index contributed by atoms with van der Waals surface area (Å²) in [5.41, 5.74) is 0.311. The lowest BCUT2D eigenvalue weighted by Crippen LogP contribution is -2.58. The summed E-state index contributed by atoms with van der Waals surface area (Å²) in [5.74, 6) is 2.75. The van der Waals surface area contributed by atoms with Crippen molar-refractivity contribution in [3.8, 4) is 0 Å². The first-order valence-electron chi connectivity index (χ1n) is 10.7. The third kappa shape index (κ3) is 3.02. The van der Waals surface area contributed by atoms with Crippen LogP contribution in [0.25, 0.3) is 0 Å². The minimum atomic E-state index is -0.295. The third-order valence-electron chi connectivity index (χ3n) is 7.91. The van der Waals surface area contributed by atoms with Gasteiger partial charge in [0.1, 0.15) is 6.04 Å². The molecule has 4 saturated carbocycles. The molecule has 6 rings (SSSR count). The number of thiophene rings is 1. The maximum absolute atomic E-state index is 13.1. The van der Waals surface area contributed by atoms with Gasteiger partial charge < -0.3 is 10.2 Å². The normalized spacial score (nSPS) is 38.2. The topological polar surface area (TPSA) is 49.4 Å². The van der Waals surface area contributed by atoms with Crippen LogP contribution in [0.5, 0.6) is 0 Å². The van der Waals surface area contributed by atoms with Crippen molar-refractivity contribution in [3.05, 3.63) is 22.4 Å². The van der Waals surface area contributed by atoms with Crippen molar-refractivity contribution in [1.29, 1.82) is 0 Å². The fourth-order valence-electron chi connectivity index (χ4n) is 6.99. The van der Waals surface area contributed by atoms with Gasteiger partial charge in [-0.1, -0.05) is 6.07 Å². The first-order chi connectivity index (χ1) is 13.0. The van der Waals surface area contributed by atoms with Crippen LogP contribution in [0.1, 0.15) is 68.0 Å². The van der Waals surface area contributed by atoms with Crippen molar-refractivity contribution in [3.63, 3.8) is 0 Å². The molecule has 0 spiro atoms. The molecule has 27 heavy (non-hydrogen) atoms. The van der Waals surface area contributed by atoms with E-state index in [1.165, 1.54) is 49.9 Å². The van der Waals surface area contributed by atoms with Crippen molar-refractivity contribution in [2.24, 2.45) is 23.2 Å². The number of nitrogens with one attached hydrogen (secondary N) is 1. The van der Waals surface area contributed by atoms with Gasteiger partial charge >= 0.3 is 0 Å². The summed E-state index contributed by atoms with van der Waals surface area (Å²) in [7, 11) is 0. The molecule has 4 bridgehead atoms. The number of carbonyl (C=O) groups is 2. The van der Waals surface area contributed by atoms with Crippen LogP contribution in [-0.4, -0.2) is 35.3 Å². The molecule has 1 aliphatic heterocycles. The summed E-state index contributed by atoms with van der Waals surface area (Å²) in [6.07, 6.45) is 9.86. The average Bonchev–Trinajstić information content (AvgIpc) is 3.32. The number of nitrogens with zero attached hydrogens (tertiary/aromatic N) is 1. The molecule has 1 saturated heterocycles. The Balaban J connectivity index is 1.28. The molecule has 4 aliphatic carbocycles. The zero-order chi connectivity index (χ0) is 18.6. The van der Waals surface area contributed by atoms with Crippen molar-refractivity contribution >= 4 is 23.2 Å². The van der Waals surface area contributed by atoms with E-state index in [0.717, 1.165) is 35.5 Å². The lowest BCUT2D eigenvalue weighted by molar-refractivity contribution is -0.129. The lowest BCUT2D eigenvalue weighted by Gasteiger charge is -2.59. The highest BCUT2D eigenvalue weighted by atomic mass is 32.1. The predicted molar refractivity (Wildman–Crippen MR) is 107 cm³/mol. The summed E-state index contributed by atoms with van der Waals surface area (Å²) < 4.78 is 0. The standard InChI is InChI=1S/C22H30N2O2S/c1-14(22-11-15-8-16(12-22)10-17(9-15)13-22)23-20(25)18-4-2-6-24(18)21(26)19-5-3-7-27-19/h3,5,7,14-18H,2,4,6,8-13H2,1H3,(H,23,25)/t14-,15?,16?,17?,18-,22?/m0/s1. The van der Waals surface area contributed by atoms with Crippen LogP contribution in [0.15, 0.2) is 17.5 Å². The summed E-state index contributed by atoms with van der Waals surface area (Å²) >= 11 is 1.46. The van der Waals surface area contributed by atoms with Crippen molar-refractivity contribution in [2.45, 2.75) is 70.4 Å². The average molecular weight is 387 g/mol. The van der Waals surface area contributed by atoms with Gasteiger partial charge in [0.25, 0.3) is 5.91 Å². The summed E-state index contributed by atoms with van der Waals surface area (Å²) in [5, 5.41) is 5.30. The highest BCUT2D eigenvalue weighted by Gasteiger charge is 2.53. The van der Waals surface area contributed by atoms with Gasteiger partial charge in [-0.15, -0.1) is 11.3 Å². The molecule has 4 nitrogen and oxygen atoms in total. The van der Waals surface area contributed by atoms with Crippen LogP contribution < -0.4 is 5.32 Å². The Morgan fingerprint density at radius 3 is 2.44 bits per heavy atom. The maximum Gasteiger partial charge on any atom is 0.264 e. The molecule has 0 unspecified atom stereocenters. The largest absolute Gasteiger partial charge is 0.351 e. The number of carbonyl (C=O) groups excluding carboxylic acids is 2. The van der Waals surface area contributed by atoms with Crippen LogP contribution >= 0.6 is 11.3 Å². The van der Waals surface area contributed by atoms with Crippen molar-refractivity contribution < 1.29 is 9.59 Å². The molecular weight excluding hydrogens is 356 g/mol. The molecule has 5 fully saturated rings. The minimum Gasteiger partial charge on any atom is -0.351 e. The number of amides is 2. The predicted octanol–water partition coefficient (Wildman–Crippen LogP) is 4.07. The van der Waals surface area contributed by atoms with Gasteiger partial charge in [0.2, 0.25) is 5.91 Å². The number of hydrogen-bond acceptors (Lipinski definition) is 3. The summed E-state index contributed by atoms with van der Waals surface area (Å²) in [4.78, 5) is 28.5. The van der Waals surface area contributed by atoms with E-state index in [-0.39, 0.29) is 23.9 Å². The Labute approximate surface area is 165 Å². The Morgan fingerprint density at radius 2 is 1.85 bits per heavy atom. The van der Waals surface area contributed by atoms with Crippen molar-refractivity contribution in [2.75, 3.05) is 6.54 Å². The van der Waals surface area contributed by atoms with Gasteiger partial charge in [0, 0.05) is 12.6 Å². The Kier molecular flexibility index (Phi) is 4.34. The molecule has 2 heterocycles. The second-order valence-electron chi connectivity index (χ2n) is 9.64. The molecule has 5 aliphatic rings. The van der Waals surface area contributed by atoms with Crippen LogP contribution in [0.2, 0.25) is 0 Å². The van der Waals surface area contributed by atoms with Crippen LogP contribution in [0, 0.1) is 23.2 Å². The highest BCUT2D eigenvalue weighted by Crippen LogP contribution is 2.61. The van der Waals surface area contributed by atoms with E-state index in [1.54, 1.807) is 4.90 Å². The van der Waals surface area contributed by atoms with E-state index in [4.69, 9.17) is 0 Å². The number of rotatable bonds is 4. The first kappa shape index (κ1) is 17.7. The highest BCUT2D eigenvalue weighted by molar-refractivity contribution is 7.12. The van der Waals surface area contributed by atoms with Gasteiger partial charge in [-0.25, -0.2) is 0 Å². The number of hydrogen-bond donors (Lipinski definition) is 1. The molecule has 0 aromatic carbocycles. The zero-order valence-electron chi connectivity index (χ0n) is 16.2. The monoisotopic (exact) mass is 386 g/mol. The van der Waals surface area contributed by atoms with Gasteiger partial charge in [-0.3, -0.25) is 9.59 Å². The molecule has 146 valence electrons. The molecule has 1 aromatic heterocycles. The minimum absolute atomic E-state index is 0.0186. The SMILES string of the molecule is C[C@H](NC(=O)[C@@H]1CCCN1C(=O)c1cccs1)C12CC3CC(CC(C3)C1)C2. The van der Waals surface area contributed by atoms with E-state index in [1.807, 2.05) is 17.5 Å². The van der Waals surface area contributed by atoms with Gasteiger partial charge in [0.05, 0.1) is 4.88 Å². The number of likely N-dealkylation sites (tertiary alicyclic amines) is 1. The fraction of sp³-hybridized carbons (Fsp3) is 0.727. The van der Waals surface area contributed by atoms with Crippen LogP contribution in [0.3, 0.4) is 0 Å². The molecular formula is C22H30N2O2S. The van der Waals surface area contributed by atoms with E-state index < -0.39 is 0 Å². The van der Waals surface area contributed by atoms with E-state index >= 15 is 0 Å². The van der Waals surface area contributed by atoms with Crippen LogP contribution in [-0.2, 0) is 4.79 Å². The molecule has 0 radical (unpaired) electrons. The second kappa shape index (κ2) is 6.61. The molecule has 1 aromatic rings. The van der Waals surface area contributed by atoms with E-state index in [0.29, 0.717) is 12.0 Å². The molecule has 2 atom stereocenters. The second-order valence-corrected chi connectivity index (χ2v) is 10.6. The first-order valence-corrected chi connectivity index (χ1v) is 11.6. The Hall–Kier alpha value is -1.36. The Morgan fingerprint density at radius 1 is 1.19 bits per heavy atom. The quantitative estimate of drug-likeness (QED) is 0.848.